The maximum Gasteiger partial charge on any atom is 0.339 e. The van der Waals surface area contributed by atoms with Crippen LogP contribution in [-0.4, -0.2) is 34.2 Å². The molecule has 0 aliphatic rings. The van der Waals surface area contributed by atoms with Gasteiger partial charge in [-0.25, -0.2) is 14.8 Å². The van der Waals surface area contributed by atoms with Gasteiger partial charge in [0.25, 0.3) is 0 Å². The highest BCUT2D eigenvalue weighted by Gasteiger charge is 2.16. The fourth-order valence-electron chi connectivity index (χ4n) is 3.70. The molecule has 0 atom stereocenters. The lowest BCUT2D eigenvalue weighted by molar-refractivity contribution is 0.0493. The summed E-state index contributed by atoms with van der Waals surface area (Å²) < 4.78 is 12.9. The predicted octanol–water partition coefficient (Wildman–Crippen LogP) is 5.26. The summed E-state index contributed by atoms with van der Waals surface area (Å²) >= 11 is 6.10. The van der Waals surface area contributed by atoms with Gasteiger partial charge in [-0.15, -0.1) is 0 Å². The Hall–Kier alpha value is -3.64. The molecule has 0 fully saturated rings. The van der Waals surface area contributed by atoms with Gasteiger partial charge in [0.2, 0.25) is 0 Å². The molecule has 0 saturated heterocycles. The standard InChI is InChI=1S/C24H18ClN3O3/c1-30-15-10-11-21-17(14-15)22-23(27-20-9-5-4-8-19(20)26-22)28(21)12-13-31-24(29)16-6-2-3-7-18(16)25/h2-11,14H,12-13H2,1H3. The van der Waals surface area contributed by atoms with Gasteiger partial charge in [0, 0.05) is 5.39 Å². The highest BCUT2D eigenvalue weighted by Crippen LogP contribution is 2.31. The highest BCUT2D eigenvalue weighted by atomic mass is 35.5. The number of para-hydroxylation sites is 2. The van der Waals surface area contributed by atoms with Crippen molar-refractivity contribution >= 4 is 50.7 Å². The van der Waals surface area contributed by atoms with E-state index in [1.165, 1.54) is 0 Å². The van der Waals surface area contributed by atoms with Crippen LogP contribution < -0.4 is 4.74 Å². The zero-order chi connectivity index (χ0) is 21.4. The number of aromatic nitrogens is 3. The van der Waals surface area contributed by atoms with E-state index >= 15 is 0 Å². The van der Waals surface area contributed by atoms with Gasteiger partial charge in [-0.1, -0.05) is 35.9 Å². The molecule has 0 N–H and O–H groups in total. The molecule has 0 saturated carbocycles. The summed E-state index contributed by atoms with van der Waals surface area (Å²) in [7, 11) is 1.63. The van der Waals surface area contributed by atoms with E-state index in [0.717, 1.165) is 38.8 Å². The van der Waals surface area contributed by atoms with Gasteiger partial charge in [0.05, 0.1) is 40.8 Å². The van der Waals surface area contributed by atoms with E-state index in [4.69, 9.17) is 31.0 Å². The van der Waals surface area contributed by atoms with Crippen LogP contribution in [0.4, 0.5) is 0 Å². The zero-order valence-corrected chi connectivity index (χ0v) is 17.5. The number of rotatable bonds is 5. The molecule has 0 spiro atoms. The van der Waals surface area contributed by atoms with Crippen LogP contribution in [0.25, 0.3) is 33.1 Å². The number of esters is 1. The van der Waals surface area contributed by atoms with Gasteiger partial charge < -0.3 is 14.0 Å². The van der Waals surface area contributed by atoms with Crippen LogP contribution in [0, 0.1) is 0 Å². The number of ether oxygens (including phenoxy) is 2. The van der Waals surface area contributed by atoms with E-state index in [9.17, 15) is 4.79 Å². The lowest BCUT2D eigenvalue weighted by Crippen LogP contribution is -2.12. The van der Waals surface area contributed by atoms with E-state index < -0.39 is 5.97 Å². The van der Waals surface area contributed by atoms with Crippen LogP contribution in [0.2, 0.25) is 5.02 Å². The smallest absolute Gasteiger partial charge is 0.339 e. The van der Waals surface area contributed by atoms with Crippen molar-refractivity contribution in [2.24, 2.45) is 0 Å². The molecule has 5 rings (SSSR count). The maximum absolute atomic E-state index is 12.4. The molecule has 5 aromatic rings. The quantitative estimate of drug-likeness (QED) is 0.355. The molecule has 0 aliphatic carbocycles. The average Bonchev–Trinajstić information content (AvgIpc) is 3.09. The molecule has 2 aromatic heterocycles. The van der Waals surface area contributed by atoms with Crippen molar-refractivity contribution < 1.29 is 14.3 Å². The van der Waals surface area contributed by atoms with Crippen LogP contribution >= 0.6 is 11.6 Å². The number of hydrogen-bond acceptors (Lipinski definition) is 5. The van der Waals surface area contributed by atoms with Crippen LogP contribution in [0.5, 0.6) is 5.75 Å². The summed E-state index contributed by atoms with van der Waals surface area (Å²) in [6.45, 7) is 0.596. The first-order valence-corrected chi connectivity index (χ1v) is 10.2. The Labute approximate surface area is 183 Å². The molecule has 0 unspecified atom stereocenters. The SMILES string of the molecule is COc1ccc2c(c1)c1nc3ccccc3nc1n2CCOC(=O)c1ccccc1Cl. The van der Waals surface area contributed by atoms with Crippen molar-refractivity contribution in [3.05, 3.63) is 77.3 Å². The number of fused-ring (bicyclic) bond motifs is 4. The summed E-state index contributed by atoms with van der Waals surface area (Å²) in [5.74, 6) is 0.288. The minimum Gasteiger partial charge on any atom is -0.497 e. The molecule has 7 heteroatoms. The third-order valence-corrected chi connectivity index (χ3v) is 5.53. The van der Waals surface area contributed by atoms with Crippen molar-refractivity contribution in [1.82, 2.24) is 14.5 Å². The third kappa shape index (κ3) is 3.45. The molecule has 0 bridgehead atoms. The van der Waals surface area contributed by atoms with E-state index in [1.807, 2.05) is 47.0 Å². The van der Waals surface area contributed by atoms with Gasteiger partial charge >= 0.3 is 5.97 Å². The van der Waals surface area contributed by atoms with Crippen molar-refractivity contribution in [3.8, 4) is 5.75 Å². The molecule has 0 radical (unpaired) electrons. The highest BCUT2D eigenvalue weighted by molar-refractivity contribution is 6.33. The Morgan fingerprint density at radius 2 is 1.74 bits per heavy atom. The molecule has 0 amide bonds. The Kier molecular flexibility index (Phi) is 4.92. The Morgan fingerprint density at radius 1 is 1.00 bits per heavy atom. The minimum atomic E-state index is -0.454. The first kappa shape index (κ1) is 19.3. The molecule has 0 aliphatic heterocycles. The molecule has 154 valence electrons. The lowest BCUT2D eigenvalue weighted by Gasteiger charge is -2.09. The number of hydrogen-bond donors (Lipinski definition) is 0. The van der Waals surface area contributed by atoms with E-state index in [2.05, 4.69) is 0 Å². The van der Waals surface area contributed by atoms with Crippen LogP contribution in [-0.2, 0) is 11.3 Å². The van der Waals surface area contributed by atoms with Gasteiger partial charge in [0.15, 0.2) is 5.65 Å². The Balaban J connectivity index is 1.54. The number of benzene rings is 3. The summed E-state index contributed by atoms with van der Waals surface area (Å²) in [6.07, 6.45) is 0. The normalized spacial score (nSPS) is 11.3. The molecular formula is C24H18ClN3O3. The number of halogens is 1. The first-order valence-electron chi connectivity index (χ1n) is 9.80. The number of nitrogens with zero attached hydrogens (tertiary/aromatic N) is 3. The van der Waals surface area contributed by atoms with E-state index in [0.29, 0.717) is 17.1 Å². The van der Waals surface area contributed by atoms with E-state index in [-0.39, 0.29) is 6.61 Å². The fraction of sp³-hybridized carbons (Fsp3) is 0.125. The topological polar surface area (TPSA) is 66.2 Å². The molecule has 2 heterocycles. The second-order valence-electron chi connectivity index (χ2n) is 7.04. The summed E-state index contributed by atoms with van der Waals surface area (Å²) in [4.78, 5) is 22.1. The largest absolute Gasteiger partial charge is 0.497 e. The molecule has 6 nitrogen and oxygen atoms in total. The van der Waals surface area contributed by atoms with Crippen LogP contribution in [0.1, 0.15) is 10.4 Å². The van der Waals surface area contributed by atoms with Gasteiger partial charge in [-0.3, -0.25) is 0 Å². The van der Waals surface area contributed by atoms with Gasteiger partial charge in [-0.05, 0) is 42.5 Å². The van der Waals surface area contributed by atoms with Crippen LogP contribution in [0.15, 0.2) is 66.7 Å². The third-order valence-electron chi connectivity index (χ3n) is 5.20. The van der Waals surface area contributed by atoms with Gasteiger partial charge in [0.1, 0.15) is 17.9 Å². The second-order valence-corrected chi connectivity index (χ2v) is 7.44. The molecule has 3 aromatic carbocycles. The van der Waals surface area contributed by atoms with Crippen molar-refractivity contribution in [2.45, 2.75) is 6.54 Å². The number of carbonyl (C=O) groups excluding carboxylic acids is 1. The minimum absolute atomic E-state index is 0.170. The first-order chi connectivity index (χ1) is 15.2. The summed E-state index contributed by atoms with van der Waals surface area (Å²) in [5.41, 5.74) is 4.43. The molecule has 31 heavy (non-hydrogen) atoms. The number of methoxy groups -OCH3 is 1. The van der Waals surface area contributed by atoms with Crippen molar-refractivity contribution in [1.29, 1.82) is 0 Å². The van der Waals surface area contributed by atoms with Gasteiger partial charge in [-0.2, -0.15) is 0 Å². The van der Waals surface area contributed by atoms with Crippen LogP contribution in [0.3, 0.4) is 0 Å². The summed E-state index contributed by atoms with van der Waals surface area (Å²) in [5, 5.41) is 1.30. The Morgan fingerprint density at radius 3 is 2.52 bits per heavy atom. The number of carbonyl (C=O) groups is 1. The zero-order valence-electron chi connectivity index (χ0n) is 16.7. The lowest BCUT2D eigenvalue weighted by atomic mass is 10.2. The maximum atomic E-state index is 12.4. The van der Waals surface area contributed by atoms with Crippen molar-refractivity contribution in [3.63, 3.8) is 0 Å². The average molecular weight is 432 g/mol. The monoisotopic (exact) mass is 431 g/mol. The summed E-state index contributed by atoms with van der Waals surface area (Å²) in [6, 6.07) is 20.4. The molecular weight excluding hydrogens is 414 g/mol. The second kappa shape index (κ2) is 7.89. The van der Waals surface area contributed by atoms with E-state index in [1.54, 1.807) is 31.4 Å². The predicted molar refractivity (Wildman–Crippen MR) is 121 cm³/mol. The fourth-order valence-corrected chi connectivity index (χ4v) is 3.91. The van der Waals surface area contributed by atoms with Crippen molar-refractivity contribution in [2.75, 3.05) is 13.7 Å². The Bertz CT molecular complexity index is 1440.